The van der Waals surface area contributed by atoms with Crippen molar-refractivity contribution in [3.05, 3.63) is 41.3 Å². The number of benzene rings is 1. The standard InChI is InChI=1S/C28H32F3N5O4/c1-14-9-18(35-22(38)11-37)6-7-20(14)36-27(39)23-15(2)34-26-24(32-13-33-25(23)26)19-10-17(28(29,30)31)5-8-21(19)40-12-16-3-4-16/h5,8,10,13-14,16,18,20,34,37H,3-4,6-7,9,11-12H2,1-2H3,(H,35,38)(H,36,39)/t14-,18-,20-/m1/s1. The highest BCUT2D eigenvalue weighted by Crippen LogP contribution is 2.40. The van der Waals surface area contributed by atoms with Crippen LogP contribution in [0.3, 0.4) is 0 Å². The first-order valence-electron chi connectivity index (χ1n) is 13.4. The number of fused-ring (bicyclic) bond motifs is 1. The van der Waals surface area contributed by atoms with Gasteiger partial charge in [0.1, 0.15) is 29.9 Å². The number of alkyl halides is 3. The molecule has 5 rings (SSSR count). The third-order valence-corrected chi connectivity index (χ3v) is 7.73. The number of aliphatic hydroxyl groups excluding tert-OH is 1. The zero-order valence-electron chi connectivity index (χ0n) is 22.3. The smallest absolute Gasteiger partial charge is 0.416 e. The molecule has 9 nitrogen and oxygen atoms in total. The number of aryl methyl sites for hydroxylation is 1. The Balaban J connectivity index is 1.43. The van der Waals surface area contributed by atoms with Gasteiger partial charge in [-0.15, -0.1) is 0 Å². The summed E-state index contributed by atoms with van der Waals surface area (Å²) < 4.78 is 46.8. The van der Waals surface area contributed by atoms with Gasteiger partial charge in [-0.2, -0.15) is 13.2 Å². The number of nitrogens with zero attached hydrogens (tertiary/aromatic N) is 2. The fourth-order valence-electron chi connectivity index (χ4n) is 5.37. The van der Waals surface area contributed by atoms with Crippen LogP contribution in [0.4, 0.5) is 13.2 Å². The Morgan fingerprint density at radius 3 is 2.60 bits per heavy atom. The van der Waals surface area contributed by atoms with Gasteiger partial charge >= 0.3 is 6.18 Å². The van der Waals surface area contributed by atoms with E-state index in [1.165, 1.54) is 12.4 Å². The molecule has 2 aliphatic carbocycles. The SMILES string of the molecule is Cc1[nH]c2c(-c3cc(C(F)(F)F)ccc3OCC3CC3)ncnc2c1C(=O)N[C@@H]1CC[C@@H](NC(=O)CO)C[C@H]1C. The number of carbonyl (C=O) groups excluding carboxylic acids is 2. The van der Waals surface area contributed by atoms with E-state index >= 15 is 0 Å². The van der Waals surface area contributed by atoms with Gasteiger partial charge in [-0.1, -0.05) is 6.92 Å². The van der Waals surface area contributed by atoms with E-state index in [1.54, 1.807) is 6.92 Å². The second-order valence-corrected chi connectivity index (χ2v) is 10.8. The monoisotopic (exact) mass is 559 g/mol. The van der Waals surface area contributed by atoms with Crippen molar-refractivity contribution in [1.29, 1.82) is 0 Å². The predicted molar refractivity (Wildman–Crippen MR) is 141 cm³/mol. The number of amides is 2. The van der Waals surface area contributed by atoms with Crippen molar-refractivity contribution >= 4 is 22.8 Å². The summed E-state index contributed by atoms with van der Waals surface area (Å²) >= 11 is 0. The van der Waals surface area contributed by atoms with Crippen LogP contribution < -0.4 is 15.4 Å². The van der Waals surface area contributed by atoms with Crippen LogP contribution in [0.25, 0.3) is 22.3 Å². The number of carbonyl (C=O) groups is 2. The van der Waals surface area contributed by atoms with Crippen LogP contribution in [0, 0.1) is 18.8 Å². The van der Waals surface area contributed by atoms with Crippen molar-refractivity contribution in [3.8, 4) is 17.0 Å². The van der Waals surface area contributed by atoms with Crippen molar-refractivity contribution in [2.24, 2.45) is 11.8 Å². The molecule has 3 atom stereocenters. The lowest BCUT2D eigenvalue weighted by atomic mass is 9.82. The predicted octanol–water partition coefficient (Wildman–Crippen LogP) is 4.14. The first-order valence-corrected chi connectivity index (χ1v) is 13.4. The summed E-state index contributed by atoms with van der Waals surface area (Å²) in [5, 5.41) is 14.9. The molecule has 0 bridgehead atoms. The summed E-state index contributed by atoms with van der Waals surface area (Å²) in [5.41, 5.74) is 1.04. The molecule has 40 heavy (non-hydrogen) atoms. The molecule has 12 heteroatoms. The van der Waals surface area contributed by atoms with Crippen molar-refractivity contribution in [2.75, 3.05) is 13.2 Å². The largest absolute Gasteiger partial charge is 0.493 e. The number of aromatic amines is 1. The minimum atomic E-state index is -4.55. The van der Waals surface area contributed by atoms with Crippen molar-refractivity contribution in [3.63, 3.8) is 0 Å². The highest BCUT2D eigenvalue weighted by atomic mass is 19.4. The molecule has 214 valence electrons. The first kappa shape index (κ1) is 27.9. The van der Waals surface area contributed by atoms with E-state index in [-0.39, 0.29) is 40.9 Å². The second-order valence-electron chi connectivity index (χ2n) is 10.8. The van der Waals surface area contributed by atoms with Gasteiger partial charge in [-0.3, -0.25) is 9.59 Å². The van der Waals surface area contributed by atoms with Gasteiger partial charge in [0.25, 0.3) is 5.91 Å². The molecular formula is C28H32F3N5O4. The summed E-state index contributed by atoms with van der Waals surface area (Å²) in [7, 11) is 0. The van der Waals surface area contributed by atoms with Crippen LogP contribution in [-0.2, 0) is 11.0 Å². The highest BCUT2D eigenvalue weighted by molar-refractivity contribution is 6.09. The number of hydrogen-bond donors (Lipinski definition) is 4. The van der Waals surface area contributed by atoms with Crippen LogP contribution in [0.2, 0.25) is 0 Å². The number of aromatic nitrogens is 3. The van der Waals surface area contributed by atoms with E-state index in [2.05, 4.69) is 25.6 Å². The molecule has 4 N–H and O–H groups in total. The van der Waals surface area contributed by atoms with Gasteiger partial charge in [0, 0.05) is 23.3 Å². The molecule has 0 aliphatic heterocycles. The lowest BCUT2D eigenvalue weighted by molar-refractivity contribution is -0.137. The van der Waals surface area contributed by atoms with Gasteiger partial charge in [0.05, 0.1) is 23.3 Å². The van der Waals surface area contributed by atoms with Gasteiger partial charge in [0.15, 0.2) is 0 Å². The molecule has 0 unspecified atom stereocenters. The van der Waals surface area contributed by atoms with Gasteiger partial charge < -0.3 is 25.5 Å². The number of rotatable bonds is 8. The molecule has 0 saturated heterocycles. The Labute approximate surface area is 228 Å². The van der Waals surface area contributed by atoms with Crippen LogP contribution in [0.1, 0.15) is 60.6 Å². The van der Waals surface area contributed by atoms with Gasteiger partial charge in [-0.25, -0.2) is 9.97 Å². The summed E-state index contributed by atoms with van der Waals surface area (Å²) in [4.78, 5) is 36.8. The minimum Gasteiger partial charge on any atom is -0.493 e. The molecular weight excluding hydrogens is 527 g/mol. The molecule has 1 aromatic carbocycles. The van der Waals surface area contributed by atoms with Crippen LogP contribution in [-0.4, -0.2) is 57.2 Å². The lowest BCUT2D eigenvalue weighted by Gasteiger charge is -2.35. The van der Waals surface area contributed by atoms with Crippen molar-refractivity contribution < 1.29 is 32.6 Å². The molecule has 2 aliphatic rings. The maximum atomic E-state index is 13.6. The number of ether oxygens (including phenoxy) is 1. The van der Waals surface area contributed by atoms with Crippen molar-refractivity contribution in [2.45, 2.75) is 64.2 Å². The molecule has 3 aromatic rings. The average molecular weight is 560 g/mol. The van der Waals surface area contributed by atoms with E-state index in [0.29, 0.717) is 54.1 Å². The zero-order chi connectivity index (χ0) is 28.6. The Hall–Kier alpha value is -3.67. The van der Waals surface area contributed by atoms with Crippen LogP contribution in [0.5, 0.6) is 5.75 Å². The second kappa shape index (κ2) is 11.1. The van der Waals surface area contributed by atoms with E-state index in [9.17, 15) is 22.8 Å². The van der Waals surface area contributed by atoms with E-state index in [0.717, 1.165) is 25.0 Å². The molecule has 0 spiro atoms. The number of halogens is 3. The summed E-state index contributed by atoms with van der Waals surface area (Å²) in [5.74, 6) is -0.0264. The quantitative estimate of drug-likeness (QED) is 0.328. The minimum absolute atomic E-state index is 0.0636. The fraction of sp³-hybridized carbons (Fsp3) is 0.500. The molecule has 2 amide bonds. The number of aliphatic hydroxyl groups is 1. The molecule has 0 radical (unpaired) electrons. The normalized spacial score (nSPS) is 21.3. The van der Waals surface area contributed by atoms with E-state index < -0.39 is 24.3 Å². The molecule has 2 fully saturated rings. The zero-order valence-corrected chi connectivity index (χ0v) is 22.3. The Morgan fingerprint density at radius 2 is 1.93 bits per heavy atom. The van der Waals surface area contributed by atoms with Gasteiger partial charge in [-0.05, 0) is 69.1 Å². The Morgan fingerprint density at radius 1 is 1.15 bits per heavy atom. The molecule has 2 aromatic heterocycles. The van der Waals surface area contributed by atoms with E-state index in [4.69, 9.17) is 9.84 Å². The maximum Gasteiger partial charge on any atom is 0.416 e. The fourth-order valence-corrected chi connectivity index (χ4v) is 5.37. The number of nitrogens with one attached hydrogen (secondary N) is 3. The third-order valence-electron chi connectivity index (χ3n) is 7.73. The molecule has 2 heterocycles. The Kier molecular flexibility index (Phi) is 7.72. The third kappa shape index (κ3) is 5.91. The summed E-state index contributed by atoms with van der Waals surface area (Å²) in [6.45, 7) is 3.54. The summed E-state index contributed by atoms with van der Waals surface area (Å²) in [6.07, 6.45) is 0.679. The maximum absolute atomic E-state index is 13.6. The van der Waals surface area contributed by atoms with E-state index in [1.807, 2.05) is 6.92 Å². The summed E-state index contributed by atoms with van der Waals surface area (Å²) in [6, 6.07) is 3.12. The molecule has 2 saturated carbocycles. The Bertz CT molecular complexity index is 1420. The van der Waals surface area contributed by atoms with Crippen molar-refractivity contribution in [1.82, 2.24) is 25.6 Å². The topological polar surface area (TPSA) is 129 Å². The first-order chi connectivity index (χ1) is 19.0. The lowest BCUT2D eigenvalue weighted by Crippen LogP contribution is -2.48. The number of hydrogen-bond acceptors (Lipinski definition) is 6. The van der Waals surface area contributed by atoms with Crippen LogP contribution in [0.15, 0.2) is 24.5 Å². The van der Waals surface area contributed by atoms with Gasteiger partial charge in [0.2, 0.25) is 5.91 Å². The average Bonchev–Trinajstić information content (AvgIpc) is 3.67. The number of H-pyrrole nitrogens is 1. The van der Waals surface area contributed by atoms with Crippen LogP contribution >= 0.6 is 0 Å². The highest BCUT2D eigenvalue weighted by Gasteiger charge is 2.34.